The van der Waals surface area contributed by atoms with Gasteiger partial charge in [-0.3, -0.25) is 9.78 Å². The van der Waals surface area contributed by atoms with Crippen LogP contribution in [0, 0.1) is 0 Å². The van der Waals surface area contributed by atoms with Crippen molar-refractivity contribution in [2.75, 3.05) is 6.54 Å². The first-order valence-corrected chi connectivity index (χ1v) is 5.77. The minimum atomic E-state index is -1.03. The molecule has 0 bridgehead atoms. The Kier molecular flexibility index (Phi) is 5.57. The number of carboxylic acid groups (broad SMARTS) is 1. The molecule has 0 spiro atoms. The SMILES string of the molecule is CCCCNC(=O)c1cncc(/C=C/C(=O)O)c1. The zero-order chi connectivity index (χ0) is 13.4. The van der Waals surface area contributed by atoms with Crippen LogP contribution in [-0.4, -0.2) is 28.5 Å². The molecule has 0 atom stereocenters. The van der Waals surface area contributed by atoms with Crippen LogP contribution in [0.1, 0.15) is 35.7 Å². The lowest BCUT2D eigenvalue weighted by Crippen LogP contribution is -2.24. The van der Waals surface area contributed by atoms with Gasteiger partial charge in [0, 0.05) is 25.0 Å². The lowest BCUT2D eigenvalue weighted by atomic mass is 10.2. The summed E-state index contributed by atoms with van der Waals surface area (Å²) in [5, 5.41) is 11.3. The fourth-order valence-electron chi connectivity index (χ4n) is 1.32. The van der Waals surface area contributed by atoms with Gasteiger partial charge in [-0.05, 0) is 24.1 Å². The number of pyridine rings is 1. The van der Waals surface area contributed by atoms with E-state index in [9.17, 15) is 9.59 Å². The minimum absolute atomic E-state index is 0.193. The van der Waals surface area contributed by atoms with E-state index in [1.165, 1.54) is 18.5 Å². The number of rotatable bonds is 6. The van der Waals surface area contributed by atoms with Gasteiger partial charge in [0.05, 0.1) is 5.56 Å². The van der Waals surface area contributed by atoms with E-state index in [0.717, 1.165) is 18.9 Å². The molecule has 0 unspecified atom stereocenters. The topological polar surface area (TPSA) is 79.3 Å². The summed E-state index contributed by atoms with van der Waals surface area (Å²) in [5.41, 5.74) is 1.01. The second kappa shape index (κ2) is 7.21. The summed E-state index contributed by atoms with van der Waals surface area (Å²) in [6.07, 6.45) is 7.31. The first-order chi connectivity index (χ1) is 8.63. The van der Waals surface area contributed by atoms with E-state index in [1.807, 2.05) is 6.92 Å². The summed E-state index contributed by atoms with van der Waals surface area (Å²) in [7, 11) is 0. The Bertz CT molecular complexity index is 455. The van der Waals surface area contributed by atoms with Crippen LogP contribution in [0.2, 0.25) is 0 Å². The summed E-state index contributed by atoms with van der Waals surface area (Å²) in [5.74, 6) is -1.23. The highest BCUT2D eigenvalue weighted by molar-refractivity contribution is 5.94. The molecular weight excluding hydrogens is 232 g/mol. The quantitative estimate of drug-likeness (QED) is 0.593. The predicted molar refractivity (Wildman–Crippen MR) is 68.1 cm³/mol. The Morgan fingerprint density at radius 2 is 2.22 bits per heavy atom. The molecule has 0 aliphatic carbocycles. The summed E-state index contributed by atoms with van der Waals surface area (Å²) in [4.78, 5) is 26.0. The number of carbonyl (C=O) groups is 2. The van der Waals surface area contributed by atoms with Crippen LogP contribution < -0.4 is 5.32 Å². The van der Waals surface area contributed by atoms with E-state index >= 15 is 0 Å². The molecule has 5 nitrogen and oxygen atoms in total. The van der Waals surface area contributed by atoms with Gasteiger partial charge in [-0.2, -0.15) is 0 Å². The van der Waals surface area contributed by atoms with Gasteiger partial charge in [0.25, 0.3) is 5.91 Å². The number of nitrogens with one attached hydrogen (secondary N) is 1. The van der Waals surface area contributed by atoms with Crippen molar-refractivity contribution in [1.82, 2.24) is 10.3 Å². The number of amides is 1. The number of aliphatic carboxylic acids is 1. The van der Waals surface area contributed by atoms with Crippen LogP contribution in [0.25, 0.3) is 6.08 Å². The summed E-state index contributed by atoms with van der Waals surface area (Å²) in [6, 6.07) is 1.60. The highest BCUT2D eigenvalue weighted by atomic mass is 16.4. The molecule has 0 saturated heterocycles. The maximum absolute atomic E-state index is 11.7. The molecule has 96 valence electrons. The van der Waals surface area contributed by atoms with Crippen molar-refractivity contribution in [1.29, 1.82) is 0 Å². The van der Waals surface area contributed by atoms with E-state index in [2.05, 4.69) is 10.3 Å². The zero-order valence-electron chi connectivity index (χ0n) is 10.2. The smallest absolute Gasteiger partial charge is 0.328 e. The van der Waals surface area contributed by atoms with Gasteiger partial charge >= 0.3 is 5.97 Å². The van der Waals surface area contributed by atoms with Gasteiger partial charge in [0.15, 0.2) is 0 Å². The Labute approximate surface area is 106 Å². The second-order valence-electron chi connectivity index (χ2n) is 3.79. The van der Waals surface area contributed by atoms with Gasteiger partial charge in [0.2, 0.25) is 0 Å². The van der Waals surface area contributed by atoms with Gasteiger partial charge in [-0.15, -0.1) is 0 Å². The van der Waals surface area contributed by atoms with Gasteiger partial charge < -0.3 is 10.4 Å². The number of aromatic nitrogens is 1. The molecule has 0 aliphatic heterocycles. The molecular formula is C13H16N2O3. The molecule has 1 amide bonds. The van der Waals surface area contributed by atoms with Crippen LogP contribution in [0.4, 0.5) is 0 Å². The number of hydrogen-bond donors (Lipinski definition) is 2. The molecule has 0 aliphatic rings. The van der Waals surface area contributed by atoms with E-state index in [1.54, 1.807) is 6.07 Å². The monoisotopic (exact) mass is 248 g/mol. The molecule has 1 aromatic rings. The van der Waals surface area contributed by atoms with E-state index in [-0.39, 0.29) is 5.91 Å². The van der Waals surface area contributed by atoms with Crippen molar-refractivity contribution in [3.8, 4) is 0 Å². The summed E-state index contributed by atoms with van der Waals surface area (Å²) >= 11 is 0. The normalized spacial score (nSPS) is 10.5. The first kappa shape index (κ1) is 13.9. The van der Waals surface area contributed by atoms with Crippen molar-refractivity contribution in [3.63, 3.8) is 0 Å². The van der Waals surface area contributed by atoms with Crippen molar-refractivity contribution in [2.24, 2.45) is 0 Å². The summed E-state index contributed by atoms with van der Waals surface area (Å²) in [6.45, 7) is 2.68. The predicted octanol–water partition coefficient (Wildman–Crippen LogP) is 1.71. The number of unbranched alkanes of at least 4 members (excludes halogenated alkanes) is 1. The van der Waals surface area contributed by atoms with Crippen molar-refractivity contribution in [2.45, 2.75) is 19.8 Å². The van der Waals surface area contributed by atoms with Crippen LogP contribution in [-0.2, 0) is 4.79 Å². The Morgan fingerprint density at radius 1 is 1.44 bits per heavy atom. The third-order valence-electron chi connectivity index (χ3n) is 2.26. The average Bonchev–Trinajstić information content (AvgIpc) is 2.37. The van der Waals surface area contributed by atoms with Crippen LogP contribution >= 0.6 is 0 Å². The highest BCUT2D eigenvalue weighted by Gasteiger charge is 2.05. The van der Waals surface area contributed by atoms with Crippen LogP contribution in [0.15, 0.2) is 24.5 Å². The van der Waals surface area contributed by atoms with E-state index in [4.69, 9.17) is 5.11 Å². The van der Waals surface area contributed by atoms with Gasteiger partial charge in [0.1, 0.15) is 0 Å². The molecule has 2 N–H and O–H groups in total. The van der Waals surface area contributed by atoms with E-state index < -0.39 is 5.97 Å². The average molecular weight is 248 g/mol. The molecule has 0 fully saturated rings. The van der Waals surface area contributed by atoms with Crippen molar-refractivity contribution in [3.05, 3.63) is 35.7 Å². The molecule has 1 aromatic heterocycles. The molecule has 5 heteroatoms. The molecule has 0 aromatic carbocycles. The Balaban J connectivity index is 2.69. The minimum Gasteiger partial charge on any atom is -0.478 e. The molecule has 0 radical (unpaired) electrons. The molecule has 1 heterocycles. The fourth-order valence-corrected chi connectivity index (χ4v) is 1.32. The molecule has 0 saturated carbocycles. The Morgan fingerprint density at radius 3 is 2.89 bits per heavy atom. The standard InChI is InChI=1S/C13H16N2O3/c1-2-3-6-15-13(18)11-7-10(8-14-9-11)4-5-12(16)17/h4-5,7-9H,2-3,6H2,1H3,(H,15,18)(H,16,17)/b5-4+. The second-order valence-corrected chi connectivity index (χ2v) is 3.79. The highest BCUT2D eigenvalue weighted by Crippen LogP contribution is 2.05. The maximum atomic E-state index is 11.7. The number of nitrogens with zero attached hydrogens (tertiary/aromatic N) is 1. The van der Waals surface area contributed by atoms with Crippen molar-refractivity contribution < 1.29 is 14.7 Å². The zero-order valence-corrected chi connectivity index (χ0v) is 10.2. The lowest BCUT2D eigenvalue weighted by molar-refractivity contribution is -0.131. The van der Waals surface area contributed by atoms with Gasteiger partial charge in [-0.25, -0.2) is 4.79 Å². The first-order valence-electron chi connectivity index (χ1n) is 5.77. The number of hydrogen-bond acceptors (Lipinski definition) is 3. The third kappa shape index (κ3) is 4.78. The van der Waals surface area contributed by atoms with Crippen LogP contribution in [0.3, 0.4) is 0 Å². The third-order valence-corrected chi connectivity index (χ3v) is 2.26. The van der Waals surface area contributed by atoms with Gasteiger partial charge in [-0.1, -0.05) is 13.3 Å². The largest absolute Gasteiger partial charge is 0.478 e. The number of carbonyl (C=O) groups excluding carboxylic acids is 1. The number of carboxylic acids is 1. The summed E-state index contributed by atoms with van der Waals surface area (Å²) < 4.78 is 0. The lowest BCUT2D eigenvalue weighted by Gasteiger charge is -2.04. The van der Waals surface area contributed by atoms with E-state index in [0.29, 0.717) is 17.7 Å². The van der Waals surface area contributed by atoms with Crippen molar-refractivity contribution >= 4 is 18.0 Å². The molecule has 1 rings (SSSR count). The van der Waals surface area contributed by atoms with Crippen LogP contribution in [0.5, 0.6) is 0 Å². The maximum Gasteiger partial charge on any atom is 0.328 e. The Hall–Kier alpha value is -2.17. The molecule has 18 heavy (non-hydrogen) atoms. The fraction of sp³-hybridized carbons (Fsp3) is 0.308.